The second-order valence-corrected chi connectivity index (χ2v) is 9.44. The Balaban J connectivity index is 1.32. The maximum absolute atomic E-state index is 13.0. The molecule has 184 valence electrons. The van der Waals surface area contributed by atoms with Gasteiger partial charge in [0.15, 0.2) is 0 Å². The first kappa shape index (κ1) is 23.2. The van der Waals surface area contributed by atoms with Gasteiger partial charge in [-0.2, -0.15) is 4.98 Å². The van der Waals surface area contributed by atoms with Gasteiger partial charge in [-0.05, 0) is 50.3 Å². The lowest BCUT2D eigenvalue weighted by Gasteiger charge is -2.24. The molecule has 0 saturated carbocycles. The number of rotatable bonds is 8. The zero-order valence-electron chi connectivity index (χ0n) is 19.9. The maximum Gasteiger partial charge on any atom is 0.352 e. The van der Waals surface area contributed by atoms with Crippen molar-refractivity contribution in [2.45, 2.75) is 64.0 Å². The van der Waals surface area contributed by atoms with E-state index in [1.165, 1.54) is 6.42 Å². The topological polar surface area (TPSA) is 136 Å². The first-order valence-corrected chi connectivity index (χ1v) is 12.4. The van der Waals surface area contributed by atoms with E-state index in [4.69, 9.17) is 0 Å². The van der Waals surface area contributed by atoms with Crippen molar-refractivity contribution in [3.63, 3.8) is 0 Å². The summed E-state index contributed by atoms with van der Waals surface area (Å²) in [7, 11) is 0. The molecule has 1 amide bonds. The molecule has 10 nitrogen and oxygen atoms in total. The number of unbranched alkanes of at least 4 members (excludes halogenated alkanes) is 2. The number of carbonyl (C=O) groups is 2. The van der Waals surface area contributed by atoms with E-state index in [-0.39, 0.29) is 11.6 Å². The molecule has 0 radical (unpaired) electrons. The van der Waals surface area contributed by atoms with Crippen LogP contribution in [0.5, 0.6) is 0 Å². The molecule has 5 heterocycles. The summed E-state index contributed by atoms with van der Waals surface area (Å²) in [6, 6.07) is 6.01. The quantitative estimate of drug-likeness (QED) is 0.362. The Hall–Kier alpha value is -3.53. The number of aryl methyl sites for hydroxylation is 1. The summed E-state index contributed by atoms with van der Waals surface area (Å²) in [6.07, 6.45) is 8.71. The number of anilines is 2. The van der Waals surface area contributed by atoms with Crippen LogP contribution in [0, 0.1) is 0 Å². The van der Waals surface area contributed by atoms with Crippen LogP contribution in [0.15, 0.2) is 24.4 Å². The number of likely N-dealkylation sites (tertiary alicyclic amines) is 1. The van der Waals surface area contributed by atoms with Crippen LogP contribution in [0.3, 0.4) is 0 Å². The minimum atomic E-state index is -1.04. The summed E-state index contributed by atoms with van der Waals surface area (Å²) in [5.74, 6) is -0.181. The lowest BCUT2D eigenvalue weighted by atomic mass is 10.1. The molecule has 0 aliphatic carbocycles. The molecule has 0 unspecified atom stereocenters. The molecule has 2 saturated heterocycles. The van der Waals surface area contributed by atoms with Crippen molar-refractivity contribution >= 4 is 34.7 Å². The van der Waals surface area contributed by atoms with E-state index in [0.29, 0.717) is 35.1 Å². The molecule has 5 rings (SSSR count). The third-order valence-electron chi connectivity index (χ3n) is 6.87. The van der Waals surface area contributed by atoms with Crippen LogP contribution < -0.4 is 10.6 Å². The Kier molecular flexibility index (Phi) is 6.63. The van der Waals surface area contributed by atoms with Gasteiger partial charge in [0.2, 0.25) is 5.95 Å². The number of fused-ring (bicyclic) bond motifs is 3. The van der Waals surface area contributed by atoms with Crippen LogP contribution in [0.2, 0.25) is 0 Å². The normalized spacial score (nSPS) is 19.6. The van der Waals surface area contributed by atoms with Gasteiger partial charge in [-0.3, -0.25) is 4.79 Å². The van der Waals surface area contributed by atoms with E-state index >= 15 is 0 Å². The molecular weight excluding hydrogens is 446 g/mol. The monoisotopic (exact) mass is 477 g/mol. The fourth-order valence-corrected chi connectivity index (χ4v) is 4.99. The number of amides is 1. The number of carboxylic acids is 1. The SMILES string of the molecule is CCCCCc1nc(Nc2ccc(C(=O)N3CC[C@H]4CC[C@@H](C3)N4)cn2)nc2[nH]c(C(=O)O)cc12. The number of hydrogen-bond acceptors (Lipinski definition) is 7. The summed E-state index contributed by atoms with van der Waals surface area (Å²) < 4.78 is 0. The molecule has 4 N–H and O–H groups in total. The fraction of sp³-hybridized carbons (Fsp3) is 0.480. The molecule has 3 aromatic heterocycles. The first-order chi connectivity index (χ1) is 17.0. The second kappa shape index (κ2) is 9.99. The minimum absolute atomic E-state index is 0.00173. The van der Waals surface area contributed by atoms with E-state index in [1.807, 2.05) is 4.90 Å². The number of aromatic nitrogens is 4. The van der Waals surface area contributed by atoms with Gasteiger partial charge in [0.05, 0.1) is 11.3 Å². The van der Waals surface area contributed by atoms with E-state index in [0.717, 1.165) is 62.7 Å². The molecule has 0 spiro atoms. The van der Waals surface area contributed by atoms with Crippen LogP contribution in [0.1, 0.15) is 72.0 Å². The number of aromatic amines is 1. The summed E-state index contributed by atoms with van der Waals surface area (Å²) in [4.78, 5) is 42.8. The van der Waals surface area contributed by atoms with Crippen molar-refractivity contribution in [3.05, 3.63) is 41.3 Å². The zero-order valence-corrected chi connectivity index (χ0v) is 19.9. The van der Waals surface area contributed by atoms with Crippen molar-refractivity contribution in [2.75, 3.05) is 18.4 Å². The Morgan fingerprint density at radius 2 is 2.03 bits per heavy atom. The number of nitrogens with one attached hydrogen (secondary N) is 3. The van der Waals surface area contributed by atoms with Gasteiger partial charge < -0.3 is 25.6 Å². The van der Waals surface area contributed by atoms with Gasteiger partial charge in [0.25, 0.3) is 5.91 Å². The predicted molar refractivity (Wildman–Crippen MR) is 132 cm³/mol. The number of carbonyl (C=O) groups excluding carboxylic acids is 1. The maximum atomic E-state index is 13.0. The average Bonchev–Trinajstić information content (AvgIpc) is 3.42. The van der Waals surface area contributed by atoms with E-state index in [2.05, 4.69) is 37.5 Å². The van der Waals surface area contributed by atoms with Crippen molar-refractivity contribution in [1.29, 1.82) is 0 Å². The van der Waals surface area contributed by atoms with E-state index in [1.54, 1.807) is 24.4 Å². The van der Waals surface area contributed by atoms with Crippen molar-refractivity contribution < 1.29 is 14.7 Å². The second-order valence-electron chi connectivity index (χ2n) is 9.44. The smallest absolute Gasteiger partial charge is 0.352 e. The molecule has 0 aromatic carbocycles. The highest BCUT2D eigenvalue weighted by Crippen LogP contribution is 2.24. The van der Waals surface area contributed by atoms with Crippen LogP contribution in [0.4, 0.5) is 11.8 Å². The van der Waals surface area contributed by atoms with Gasteiger partial charge in [-0.25, -0.2) is 14.8 Å². The Bertz CT molecular complexity index is 1220. The summed E-state index contributed by atoms with van der Waals surface area (Å²) in [5, 5.41) is 16.8. The van der Waals surface area contributed by atoms with Crippen LogP contribution in [-0.2, 0) is 6.42 Å². The molecule has 2 aliphatic rings. The summed E-state index contributed by atoms with van der Waals surface area (Å²) >= 11 is 0. The van der Waals surface area contributed by atoms with Crippen LogP contribution in [-0.4, -0.2) is 67.0 Å². The predicted octanol–water partition coefficient (Wildman–Crippen LogP) is 3.49. The van der Waals surface area contributed by atoms with Crippen LogP contribution in [0.25, 0.3) is 11.0 Å². The number of aromatic carboxylic acids is 1. The lowest BCUT2D eigenvalue weighted by Crippen LogP contribution is -2.39. The number of hydrogen-bond donors (Lipinski definition) is 4. The molecular formula is C25H31N7O3. The highest BCUT2D eigenvalue weighted by atomic mass is 16.4. The largest absolute Gasteiger partial charge is 0.477 e. The van der Waals surface area contributed by atoms with Gasteiger partial charge in [-0.15, -0.1) is 0 Å². The molecule has 3 aromatic rings. The number of pyridine rings is 1. The van der Waals surface area contributed by atoms with Gasteiger partial charge in [0, 0.05) is 36.8 Å². The summed E-state index contributed by atoms with van der Waals surface area (Å²) in [5.41, 5.74) is 1.91. The van der Waals surface area contributed by atoms with Crippen molar-refractivity contribution in [3.8, 4) is 0 Å². The molecule has 35 heavy (non-hydrogen) atoms. The van der Waals surface area contributed by atoms with Gasteiger partial charge >= 0.3 is 5.97 Å². The van der Waals surface area contributed by atoms with Gasteiger partial charge in [0.1, 0.15) is 17.2 Å². The van der Waals surface area contributed by atoms with Crippen LogP contribution >= 0.6 is 0 Å². The minimum Gasteiger partial charge on any atom is -0.477 e. The summed E-state index contributed by atoms with van der Waals surface area (Å²) in [6.45, 7) is 3.63. The van der Waals surface area contributed by atoms with Gasteiger partial charge in [-0.1, -0.05) is 19.8 Å². The molecule has 2 aliphatic heterocycles. The van der Waals surface area contributed by atoms with Crippen molar-refractivity contribution in [1.82, 2.24) is 30.2 Å². The highest BCUT2D eigenvalue weighted by molar-refractivity contribution is 5.94. The first-order valence-electron chi connectivity index (χ1n) is 12.4. The Morgan fingerprint density at radius 3 is 2.80 bits per heavy atom. The molecule has 2 bridgehead atoms. The standard InChI is InChI=1S/C25H31N7O3/c1-2-3-4-5-19-18-12-20(24(34)35)28-22(18)31-25(29-19)30-21-9-6-15(13-26-21)23(33)32-11-10-16-7-8-17(14-32)27-16/h6,9,12-13,16-17,27H,2-5,7-8,10-11,14H2,1H3,(H,34,35)(H2,26,28,29,30,31)/t16-,17+/m1/s1. The molecule has 2 atom stereocenters. The number of H-pyrrole nitrogens is 1. The third-order valence-corrected chi connectivity index (χ3v) is 6.87. The number of carboxylic acid groups (broad SMARTS) is 1. The van der Waals surface area contributed by atoms with Crippen molar-refractivity contribution in [2.24, 2.45) is 0 Å². The van der Waals surface area contributed by atoms with E-state index in [9.17, 15) is 14.7 Å². The van der Waals surface area contributed by atoms with E-state index < -0.39 is 5.97 Å². The Labute approximate surface area is 203 Å². The lowest BCUT2D eigenvalue weighted by molar-refractivity contribution is 0.0690. The fourth-order valence-electron chi connectivity index (χ4n) is 4.99. The number of nitrogens with zero attached hydrogens (tertiary/aromatic N) is 4. The molecule has 10 heteroatoms. The Morgan fingerprint density at radius 1 is 1.17 bits per heavy atom. The highest BCUT2D eigenvalue weighted by Gasteiger charge is 2.31. The zero-order chi connectivity index (χ0) is 24.4. The average molecular weight is 478 g/mol. The third kappa shape index (κ3) is 5.12. The molecule has 2 fully saturated rings.